The molecule has 4 fully saturated rings. The molecule has 1 aromatic carbocycles. The van der Waals surface area contributed by atoms with Crippen LogP contribution >= 0.6 is 0 Å². The predicted octanol–water partition coefficient (Wildman–Crippen LogP) is 0.465. The number of nitrogens with one attached hydrogen (secondary N) is 2. The summed E-state index contributed by atoms with van der Waals surface area (Å²) in [5, 5.41) is 5.70. The van der Waals surface area contributed by atoms with Gasteiger partial charge in [0, 0.05) is 31.5 Å². The molecule has 9 heteroatoms. The van der Waals surface area contributed by atoms with Crippen LogP contribution in [0.5, 0.6) is 0 Å². The number of hydrogen-bond acceptors (Lipinski definition) is 7. The number of carbonyl (C=O) groups is 4. The molecule has 5 aliphatic rings. The average molecular weight is 441 g/mol. The largest absolute Gasteiger partial charge is 0.373 e. The first-order chi connectivity index (χ1) is 15.4. The Morgan fingerprint density at radius 3 is 2.56 bits per heavy atom. The molecule has 9 nitrogen and oxygen atoms in total. The van der Waals surface area contributed by atoms with Crippen molar-refractivity contribution < 1.29 is 23.9 Å². The van der Waals surface area contributed by atoms with E-state index in [-0.39, 0.29) is 29.8 Å². The maximum Gasteiger partial charge on any atom is 0.262 e. The number of ether oxygens (including phenoxy) is 1. The first-order valence-corrected chi connectivity index (χ1v) is 11.3. The van der Waals surface area contributed by atoms with E-state index in [1.807, 2.05) is 6.07 Å². The van der Waals surface area contributed by atoms with Crippen LogP contribution in [0.1, 0.15) is 64.8 Å². The summed E-state index contributed by atoms with van der Waals surface area (Å²) in [4.78, 5) is 50.9. The van der Waals surface area contributed by atoms with Gasteiger partial charge in [-0.3, -0.25) is 29.4 Å². The summed E-state index contributed by atoms with van der Waals surface area (Å²) in [5.41, 5.74) is 7.22. The topological polar surface area (TPSA) is 131 Å². The Hall–Kier alpha value is -2.62. The zero-order valence-electron chi connectivity index (χ0n) is 17.9. The highest BCUT2D eigenvalue weighted by Gasteiger charge is 2.49. The number of piperidine rings is 1. The minimum atomic E-state index is -0.954. The molecule has 32 heavy (non-hydrogen) atoms. The van der Waals surface area contributed by atoms with Gasteiger partial charge in [-0.1, -0.05) is 12.1 Å². The molecule has 170 valence electrons. The number of hydrogen-bond donors (Lipinski definition) is 3. The molecule has 1 saturated carbocycles. The number of nitrogens with two attached hydrogens (primary N) is 1. The Morgan fingerprint density at radius 1 is 1.12 bits per heavy atom. The van der Waals surface area contributed by atoms with E-state index in [4.69, 9.17) is 10.5 Å². The van der Waals surface area contributed by atoms with Gasteiger partial charge in [0.05, 0.1) is 23.3 Å². The molecular weight excluding hydrogens is 412 g/mol. The van der Waals surface area contributed by atoms with Gasteiger partial charge in [0.25, 0.3) is 11.8 Å². The van der Waals surface area contributed by atoms with Gasteiger partial charge >= 0.3 is 0 Å². The lowest BCUT2D eigenvalue weighted by Crippen LogP contribution is -2.57. The van der Waals surface area contributed by atoms with Crippen LogP contribution in [0.3, 0.4) is 0 Å². The minimum absolute atomic E-state index is 0.0768. The third-order valence-electron chi connectivity index (χ3n) is 7.65. The van der Waals surface area contributed by atoms with Gasteiger partial charge in [-0.2, -0.15) is 0 Å². The summed E-state index contributed by atoms with van der Waals surface area (Å²) in [6.07, 6.45) is 4.32. The monoisotopic (exact) mass is 440 g/mol. The molecule has 0 spiro atoms. The van der Waals surface area contributed by atoms with Crippen LogP contribution in [0, 0.1) is 5.41 Å². The Labute approximate surface area is 186 Å². The molecule has 4 heterocycles. The number of benzene rings is 1. The van der Waals surface area contributed by atoms with Crippen molar-refractivity contribution in [3.63, 3.8) is 0 Å². The zero-order chi connectivity index (χ0) is 22.5. The summed E-state index contributed by atoms with van der Waals surface area (Å²) in [7, 11) is 0. The van der Waals surface area contributed by atoms with Gasteiger partial charge in [0.2, 0.25) is 11.8 Å². The van der Waals surface area contributed by atoms with Gasteiger partial charge in [0.1, 0.15) is 6.04 Å². The maximum absolute atomic E-state index is 13.2. The Morgan fingerprint density at radius 2 is 1.91 bits per heavy atom. The molecule has 2 bridgehead atoms. The minimum Gasteiger partial charge on any atom is -0.373 e. The number of nitrogens with zero attached hydrogens (tertiary/aromatic N) is 1. The third-order valence-corrected chi connectivity index (χ3v) is 7.65. The second-order valence-electron chi connectivity index (χ2n) is 9.57. The van der Waals surface area contributed by atoms with Crippen molar-refractivity contribution in [2.24, 2.45) is 11.1 Å². The fraction of sp³-hybridized carbons (Fsp3) is 0.565. The molecule has 4 aliphatic heterocycles. The van der Waals surface area contributed by atoms with Gasteiger partial charge in [-0.25, -0.2) is 0 Å². The van der Waals surface area contributed by atoms with Crippen LogP contribution in [0.15, 0.2) is 18.2 Å². The van der Waals surface area contributed by atoms with Crippen LogP contribution in [-0.4, -0.2) is 59.9 Å². The van der Waals surface area contributed by atoms with E-state index in [9.17, 15) is 19.2 Å². The smallest absolute Gasteiger partial charge is 0.262 e. The standard InChI is InChI=1S/C23H28N4O5/c24-11-23-8-6-22(7-9-23,13-32-23)12-25-10-14-2-1-3-15-18(14)21(31)27(20(15)30)16-4-5-17(28)26-19(16)29/h1-3,16,25H,4-13,24H2,(H,26,28,29). The van der Waals surface area contributed by atoms with Crippen LogP contribution in [0.2, 0.25) is 0 Å². The number of amides is 4. The first-order valence-electron chi connectivity index (χ1n) is 11.3. The number of fused-ring (bicyclic) bond motifs is 4. The zero-order valence-corrected chi connectivity index (χ0v) is 17.9. The van der Waals surface area contributed by atoms with Gasteiger partial charge < -0.3 is 15.8 Å². The van der Waals surface area contributed by atoms with E-state index in [0.29, 0.717) is 30.8 Å². The Kier molecular flexibility index (Phi) is 5.15. The Balaban J connectivity index is 1.29. The third kappa shape index (κ3) is 3.35. The fourth-order valence-corrected chi connectivity index (χ4v) is 5.52. The van der Waals surface area contributed by atoms with Crippen molar-refractivity contribution in [1.29, 1.82) is 0 Å². The molecule has 1 aromatic rings. The molecule has 3 saturated heterocycles. The number of rotatable bonds is 6. The molecule has 4 amide bonds. The summed E-state index contributed by atoms with van der Waals surface area (Å²) in [5.74, 6) is -1.93. The van der Waals surface area contributed by atoms with Gasteiger partial charge in [-0.05, 0) is 43.7 Å². The number of carbonyl (C=O) groups excluding carboxylic acids is 4. The van der Waals surface area contributed by atoms with Crippen LogP contribution in [0.25, 0.3) is 0 Å². The van der Waals surface area contributed by atoms with Crippen LogP contribution in [0.4, 0.5) is 0 Å². The molecule has 0 aromatic heterocycles. The Bertz CT molecular complexity index is 982. The van der Waals surface area contributed by atoms with E-state index in [1.54, 1.807) is 12.1 Å². The van der Waals surface area contributed by atoms with Crippen molar-refractivity contribution in [1.82, 2.24) is 15.5 Å². The van der Waals surface area contributed by atoms with Crippen LogP contribution in [-0.2, 0) is 20.9 Å². The maximum atomic E-state index is 13.2. The lowest BCUT2D eigenvalue weighted by molar-refractivity contribution is -0.176. The normalized spacial score (nSPS) is 31.8. The molecule has 1 aliphatic carbocycles. The first kappa shape index (κ1) is 21.2. The van der Waals surface area contributed by atoms with E-state index in [1.165, 1.54) is 0 Å². The molecule has 4 N–H and O–H groups in total. The summed E-state index contributed by atoms with van der Waals surface area (Å²) >= 11 is 0. The van der Waals surface area contributed by atoms with E-state index >= 15 is 0 Å². The van der Waals surface area contributed by atoms with Crippen molar-refractivity contribution in [3.05, 3.63) is 34.9 Å². The highest BCUT2D eigenvalue weighted by molar-refractivity contribution is 6.24. The molecule has 1 atom stereocenters. The fourth-order valence-electron chi connectivity index (χ4n) is 5.52. The van der Waals surface area contributed by atoms with E-state index in [2.05, 4.69) is 10.6 Å². The van der Waals surface area contributed by atoms with Crippen molar-refractivity contribution in [2.75, 3.05) is 19.7 Å². The SMILES string of the molecule is NCC12CCC(CNCc3cccc4c3C(=O)N(C3CCC(=O)NC3=O)C4=O)(CC1)CO2. The second kappa shape index (κ2) is 7.75. The molecule has 6 rings (SSSR count). The van der Waals surface area contributed by atoms with Gasteiger partial charge in [0.15, 0.2) is 0 Å². The quantitative estimate of drug-likeness (QED) is 0.548. The number of imide groups is 2. The average Bonchev–Trinajstić information content (AvgIpc) is 3.06. The van der Waals surface area contributed by atoms with Crippen molar-refractivity contribution >= 4 is 23.6 Å². The van der Waals surface area contributed by atoms with Crippen molar-refractivity contribution in [2.45, 2.75) is 56.7 Å². The lowest BCUT2D eigenvalue weighted by atomic mass is 9.66. The summed E-state index contributed by atoms with van der Waals surface area (Å²) in [6.45, 7) is 2.45. The second-order valence-corrected chi connectivity index (χ2v) is 9.57. The highest BCUT2D eigenvalue weighted by atomic mass is 16.5. The molecule has 0 radical (unpaired) electrons. The van der Waals surface area contributed by atoms with Crippen LogP contribution < -0.4 is 16.4 Å². The predicted molar refractivity (Wildman–Crippen MR) is 113 cm³/mol. The highest BCUT2D eigenvalue weighted by Crippen LogP contribution is 2.48. The van der Waals surface area contributed by atoms with E-state index < -0.39 is 23.8 Å². The summed E-state index contributed by atoms with van der Waals surface area (Å²) in [6, 6.07) is 4.25. The molecule has 1 unspecified atom stereocenters. The molecular formula is C23H28N4O5. The van der Waals surface area contributed by atoms with Gasteiger partial charge in [-0.15, -0.1) is 0 Å². The lowest BCUT2D eigenvalue weighted by Gasteiger charge is -2.53. The van der Waals surface area contributed by atoms with E-state index in [0.717, 1.165) is 42.7 Å². The summed E-state index contributed by atoms with van der Waals surface area (Å²) < 4.78 is 6.09. The van der Waals surface area contributed by atoms with Crippen molar-refractivity contribution in [3.8, 4) is 0 Å².